The van der Waals surface area contributed by atoms with E-state index in [2.05, 4.69) is 17.1 Å². The number of nitrogens with zero attached hydrogens (tertiary/aromatic N) is 2. The van der Waals surface area contributed by atoms with Gasteiger partial charge in [0.05, 0.1) is 17.1 Å². The molecule has 0 aromatic heterocycles. The average molecular weight is 449 g/mol. The molecule has 5 nitrogen and oxygen atoms in total. The van der Waals surface area contributed by atoms with Crippen LogP contribution < -0.4 is 0 Å². The predicted octanol–water partition coefficient (Wildman–Crippen LogP) is 3.76. The lowest BCUT2D eigenvalue weighted by atomic mass is 9.86. The van der Waals surface area contributed by atoms with Gasteiger partial charge in [0.1, 0.15) is 0 Å². The number of halogens is 3. The van der Waals surface area contributed by atoms with E-state index in [0.717, 1.165) is 50.2 Å². The van der Waals surface area contributed by atoms with E-state index in [9.17, 15) is 21.6 Å². The van der Waals surface area contributed by atoms with Crippen molar-refractivity contribution < 1.29 is 26.7 Å². The van der Waals surface area contributed by atoms with Gasteiger partial charge < -0.3 is 5.11 Å². The molecule has 1 aliphatic rings. The zero-order chi connectivity index (χ0) is 22.4. The second-order valence-electron chi connectivity index (χ2n) is 7.66. The van der Waals surface area contributed by atoms with Gasteiger partial charge >= 0.3 is 6.18 Å². The summed E-state index contributed by atoms with van der Waals surface area (Å²) in [6, 6.07) is 3.49. The van der Waals surface area contributed by atoms with Crippen LogP contribution in [0.2, 0.25) is 0 Å². The molecule has 0 aliphatic heterocycles. The van der Waals surface area contributed by atoms with Crippen LogP contribution in [0.15, 0.2) is 41.3 Å². The summed E-state index contributed by atoms with van der Waals surface area (Å²) >= 11 is 0. The van der Waals surface area contributed by atoms with E-state index in [0.29, 0.717) is 25.3 Å². The number of hydrogen-bond donors (Lipinski definition) is 1. The number of allylic oxidation sites excluding steroid dienone is 1. The normalized spacial score (nSPS) is 21.1. The monoisotopic (exact) mass is 448 g/mol. The van der Waals surface area contributed by atoms with Crippen LogP contribution in [0.5, 0.6) is 0 Å². The number of hydrogen-bond acceptors (Lipinski definition) is 4. The van der Waals surface area contributed by atoms with Gasteiger partial charge in [-0.3, -0.25) is 4.90 Å². The molecule has 1 fully saturated rings. The molecule has 1 aliphatic carbocycles. The summed E-state index contributed by atoms with van der Waals surface area (Å²) in [4.78, 5) is 2.01. The van der Waals surface area contributed by atoms with Crippen LogP contribution in [0.4, 0.5) is 13.2 Å². The van der Waals surface area contributed by atoms with Gasteiger partial charge in [0.2, 0.25) is 10.0 Å². The van der Waals surface area contributed by atoms with E-state index < -0.39 is 21.8 Å². The molecule has 2 rings (SSSR count). The molecule has 0 spiro atoms. The Morgan fingerprint density at radius 3 is 2.23 bits per heavy atom. The third-order valence-corrected chi connectivity index (χ3v) is 7.67. The van der Waals surface area contributed by atoms with E-state index >= 15 is 0 Å². The van der Waals surface area contributed by atoms with E-state index in [1.165, 1.54) is 11.4 Å². The van der Waals surface area contributed by atoms with Gasteiger partial charge in [-0.15, -0.1) is 0 Å². The molecular formula is C21H31F3N2O3S. The van der Waals surface area contributed by atoms with E-state index in [1.807, 2.05) is 6.92 Å². The zero-order valence-electron chi connectivity index (χ0n) is 17.5. The number of aliphatic hydroxyl groups is 1. The predicted molar refractivity (Wildman–Crippen MR) is 110 cm³/mol. The second-order valence-corrected chi connectivity index (χ2v) is 9.65. The van der Waals surface area contributed by atoms with Crippen LogP contribution in [0.3, 0.4) is 0 Å². The Labute approximate surface area is 177 Å². The molecule has 1 aromatic rings. The molecule has 170 valence electrons. The average Bonchev–Trinajstić information content (AvgIpc) is 2.72. The van der Waals surface area contributed by atoms with Crippen molar-refractivity contribution in [1.82, 2.24) is 9.21 Å². The van der Waals surface area contributed by atoms with Crippen molar-refractivity contribution in [3.63, 3.8) is 0 Å². The minimum absolute atomic E-state index is 0.122. The Hall–Kier alpha value is -1.42. The molecule has 0 saturated heterocycles. The minimum atomic E-state index is -4.49. The second kappa shape index (κ2) is 10.7. The smallest absolute Gasteiger partial charge is 0.395 e. The summed E-state index contributed by atoms with van der Waals surface area (Å²) in [6.07, 6.45) is 2.92. The molecule has 9 heteroatoms. The van der Waals surface area contributed by atoms with Crippen molar-refractivity contribution in [3.05, 3.63) is 42.0 Å². The van der Waals surface area contributed by atoms with E-state index in [4.69, 9.17) is 5.11 Å². The summed E-state index contributed by atoms with van der Waals surface area (Å²) < 4.78 is 65.1. The molecule has 0 radical (unpaired) electrons. The van der Waals surface area contributed by atoms with Crippen LogP contribution >= 0.6 is 0 Å². The van der Waals surface area contributed by atoms with Gasteiger partial charge in [0.15, 0.2) is 0 Å². The number of benzene rings is 1. The van der Waals surface area contributed by atoms with Crippen LogP contribution in [0.1, 0.15) is 38.2 Å². The molecule has 0 unspecified atom stereocenters. The van der Waals surface area contributed by atoms with Gasteiger partial charge in [-0.25, -0.2) is 8.42 Å². The maximum Gasteiger partial charge on any atom is 0.416 e. The Kier molecular flexibility index (Phi) is 8.90. The minimum Gasteiger partial charge on any atom is -0.395 e. The fraction of sp³-hybridized carbons (Fsp3) is 0.619. The molecule has 0 atom stereocenters. The van der Waals surface area contributed by atoms with Gasteiger partial charge in [-0.05, 0) is 62.4 Å². The fourth-order valence-corrected chi connectivity index (χ4v) is 5.17. The standard InChI is InChI=1S/C21H31F3N2O3S/c1-3-26(15-16-27)14-4-5-17-6-10-19(11-7-17)25(2)30(28,29)20-12-8-18(9-13-20)21(22,23)24/h4-5,8-9,12-13,17,19,27H,3,6-7,10-11,14-16H2,1-2H3/t17-,19-. The van der Waals surface area contributed by atoms with Crippen LogP contribution in [0, 0.1) is 5.92 Å². The number of alkyl halides is 3. The highest BCUT2D eigenvalue weighted by atomic mass is 32.2. The third-order valence-electron chi connectivity index (χ3n) is 5.75. The van der Waals surface area contributed by atoms with Gasteiger partial charge in [0, 0.05) is 26.2 Å². The Morgan fingerprint density at radius 1 is 1.13 bits per heavy atom. The third kappa shape index (κ3) is 6.54. The zero-order valence-corrected chi connectivity index (χ0v) is 18.3. The van der Waals surface area contributed by atoms with Crippen molar-refractivity contribution >= 4 is 10.0 Å². The highest BCUT2D eigenvalue weighted by Gasteiger charge is 2.33. The first-order chi connectivity index (χ1) is 14.1. The SMILES string of the molecule is CCN(CC=C[C@H]1CC[C@H](N(C)S(=O)(=O)c2ccc(C(F)(F)F)cc2)CC1)CCO. The lowest BCUT2D eigenvalue weighted by molar-refractivity contribution is -0.137. The first kappa shape index (κ1) is 24.8. The van der Waals surface area contributed by atoms with E-state index in [1.54, 1.807) is 0 Å². The van der Waals surface area contributed by atoms with Crippen molar-refractivity contribution in [3.8, 4) is 0 Å². The molecule has 30 heavy (non-hydrogen) atoms. The molecule has 0 bridgehead atoms. The Bertz CT molecular complexity index is 787. The number of sulfonamides is 1. The van der Waals surface area contributed by atoms with Crippen molar-refractivity contribution in [2.75, 3.05) is 33.3 Å². The van der Waals surface area contributed by atoms with Gasteiger partial charge in [-0.1, -0.05) is 19.1 Å². The van der Waals surface area contributed by atoms with E-state index in [-0.39, 0.29) is 17.5 Å². The summed E-state index contributed by atoms with van der Waals surface area (Å²) in [5.41, 5.74) is -0.864. The first-order valence-corrected chi connectivity index (χ1v) is 11.7. The van der Waals surface area contributed by atoms with Crippen molar-refractivity contribution in [2.24, 2.45) is 5.92 Å². The molecule has 1 N–H and O–H groups in total. The lowest BCUT2D eigenvalue weighted by Gasteiger charge is -2.33. The topological polar surface area (TPSA) is 60.9 Å². The molecule has 0 heterocycles. The quantitative estimate of drug-likeness (QED) is 0.585. The summed E-state index contributed by atoms with van der Waals surface area (Å²) in [5.74, 6) is 0.385. The highest BCUT2D eigenvalue weighted by molar-refractivity contribution is 7.89. The number of rotatable bonds is 9. The summed E-state index contributed by atoms with van der Waals surface area (Å²) in [5, 5.41) is 9.02. The molecule has 1 aromatic carbocycles. The lowest BCUT2D eigenvalue weighted by Crippen LogP contribution is -2.39. The number of likely N-dealkylation sites (N-methyl/N-ethyl adjacent to an activating group) is 1. The van der Waals surface area contributed by atoms with Crippen molar-refractivity contribution in [1.29, 1.82) is 0 Å². The summed E-state index contributed by atoms with van der Waals surface area (Å²) in [6.45, 7) is 4.46. The molecule has 0 amide bonds. The van der Waals surface area contributed by atoms with Crippen LogP contribution in [-0.4, -0.2) is 62.1 Å². The fourth-order valence-electron chi connectivity index (χ4n) is 3.76. The maximum atomic E-state index is 12.8. The molecule has 1 saturated carbocycles. The highest BCUT2D eigenvalue weighted by Crippen LogP contribution is 2.32. The summed E-state index contributed by atoms with van der Waals surface area (Å²) in [7, 11) is -2.34. The van der Waals surface area contributed by atoms with Crippen LogP contribution in [0.25, 0.3) is 0 Å². The Balaban J connectivity index is 1.93. The largest absolute Gasteiger partial charge is 0.416 e. The van der Waals surface area contributed by atoms with Crippen LogP contribution in [-0.2, 0) is 16.2 Å². The molecular weight excluding hydrogens is 417 g/mol. The Morgan fingerprint density at radius 2 is 1.73 bits per heavy atom. The maximum absolute atomic E-state index is 12.8. The first-order valence-electron chi connectivity index (χ1n) is 10.2. The van der Waals surface area contributed by atoms with Gasteiger partial charge in [0.25, 0.3) is 0 Å². The van der Waals surface area contributed by atoms with Crippen molar-refractivity contribution in [2.45, 2.75) is 49.7 Å². The number of aliphatic hydroxyl groups excluding tert-OH is 1. The van der Waals surface area contributed by atoms with Gasteiger partial charge in [-0.2, -0.15) is 17.5 Å².